The highest BCUT2D eigenvalue weighted by molar-refractivity contribution is 6.12. The highest BCUT2D eigenvalue weighted by Crippen LogP contribution is 2.31. The van der Waals surface area contributed by atoms with Crippen molar-refractivity contribution in [2.75, 3.05) is 29.9 Å². The molecule has 4 nitrogen and oxygen atoms in total. The Hall–Kier alpha value is -3.88. The van der Waals surface area contributed by atoms with Gasteiger partial charge in [-0.3, -0.25) is 5.41 Å². The topological polar surface area (TPSA) is 42.4 Å². The van der Waals surface area contributed by atoms with Crippen LogP contribution < -0.4 is 10.2 Å². The van der Waals surface area contributed by atoms with Crippen molar-refractivity contribution < 1.29 is 22.0 Å². The normalized spacial score (nSPS) is 14.8. The molecule has 3 aromatic carbocycles. The molecule has 4 rings (SSSR count). The van der Waals surface area contributed by atoms with Gasteiger partial charge in [0.2, 0.25) is 0 Å². The molecule has 0 bridgehead atoms. The van der Waals surface area contributed by atoms with E-state index in [1.807, 2.05) is 63.2 Å². The van der Waals surface area contributed by atoms with E-state index in [9.17, 15) is 22.0 Å². The van der Waals surface area contributed by atoms with Gasteiger partial charge in [0.15, 0.2) is 0 Å². The second-order valence-electron chi connectivity index (χ2n) is 10.6. The van der Waals surface area contributed by atoms with Crippen LogP contribution in [0.4, 0.5) is 33.3 Å². The first-order valence-corrected chi connectivity index (χ1v) is 14.2. The lowest BCUT2D eigenvalue weighted by Gasteiger charge is -2.41. The maximum absolute atomic E-state index is 13.7. The first kappa shape index (κ1) is 31.1. The first-order valence-electron chi connectivity index (χ1n) is 14.2. The SMILES string of the molecule is CC/C=C(\N1CCC(Nc2ccc(C(=N)c3cccc(C(F)(F)F)c3)c(C)c2)CC1)N(CC(F)F)c1ccccc1C. The van der Waals surface area contributed by atoms with Crippen LogP contribution in [0.5, 0.6) is 0 Å². The molecular formula is C33H37F5N4. The van der Waals surface area contributed by atoms with Gasteiger partial charge in [-0.1, -0.05) is 43.3 Å². The maximum atomic E-state index is 13.7. The number of likely N-dealkylation sites (tertiary alicyclic amines) is 1. The van der Waals surface area contributed by atoms with Crippen molar-refractivity contribution in [1.82, 2.24) is 4.90 Å². The molecule has 1 heterocycles. The molecule has 9 heteroatoms. The van der Waals surface area contributed by atoms with E-state index < -0.39 is 18.2 Å². The Labute approximate surface area is 244 Å². The fraction of sp³-hybridized carbons (Fsp3) is 0.364. The van der Waals surface area contributed by atoms with E-state index in [-0.39, 0.29) is 23.9 Å². The zero-order valence-electron chi connectivity index (χ0n) is 24.1. The van der Waals surface area contributed by atoms with Crippen LogP contribution in [0.15, 0.2) is 78.6 Å². The lowest BCUT2D eigenvalue weighted by atomic mass is 9.96. The van der Waals surface area contributed by atoms with E-state index in [2.05, 4.69) is 10.2 Å². The second-order valence-corrected chi connectivity index (χ2v) is 10.6. The highest BCUT2D eigenvalue weighted by atomic mass is 19.4. The Morgan fingerprint density at radius 3 is 2.33 bits per heavy atom. The molecule has 1 aliphatic heterocycles. The number of hydrogen-bond acceptors (Lipinski definition) is 4. The molecule has 3 aromatic rings. The molecule has 1 saturated heterocycles. The minimum atomic E-state index is -4.47. The molecule has 0 radical (unpaired) electrons. The fourth-order valence-corrected chi connectivity index (χ4v) is 5.44. The van der Waals surface area contributed by atoms with Crippen molar-refractivity contribution in [2.45, 2.75) is 58.7 Å². The molecule has 0 unspecified atom stereocenters. The number of anilines is 2. The van der Waals surface area contributed by atoms with Crippen LogP contribution in [0, 0.1) is 19.3 Å². The molecule has 1 fully saturated rings. The summed E-state index contributed by atoms with van der Waals surface area (Å²) in [5.41, 5.74) is 3.42. The van der Waals surface area contributed by atoms with E-state index in [1.165, 1.54) is 12.1 Å². The lowest BCUT2D eigenvalue weighted by molar-refractivity contribution is -0.137. The number of rotatable bonds is 10. The molecule has 0 atom stereocenters. The zero-order valence-corrected chi connectivity index (χ0v) is 24.1. The van der Waals surface area contributed by atoms with Crippen LogP contribution >= 0.6 is 0 Å². The standard InChI is InChI=1S/C33H37F5N4/c1-4-8-31(42(21-30(34)35)29-12-6-5-9-22(29)2)41-17-15-26(16-18-41)40-27-13-14-28(23(3)19-27)32(39)24-10-7-11-25(20-24)33(36,37)38/h5-14,19-20,26,30,39-40H,4,15-18,21H2,1-3H3/b31-8+,39-32?. The number of piperidine rings is 1. The van der Waals surface area contributed by atoms with Gasteiger partial charge in [0.05, 0.1) is 17.8 Å². The van der Waals surface area contributed by atoms with Crippen LogP contribution in [0.1, 0.15) is 54.0 Å². The number of allylic oxidation sites excluding steroid dienone is 1. The maximum Gasteiger partial charge on any atom is 0.416 e. The molecule has 0 saturated carbocycles. The van der Waals surface area contributed by atoms with Crippen molar-refractivity contribution in [3.8, 4) is 0 Å². The molecule has 0 aromatic heterocycles. The molecule has 2 N–H and O–H groups in total. The summed E-state index contributed by atoms with van der Waals surface area (Å²) < 4.78 is 66.9. The van der Waals surface area contributed by atoms with Gasteiger partial charge in [0.25, 0.3) is 6.43 Å². The van der Waals surface area contributed by atoms with E-state index in [4.69, 9.17) is 5.41 Å². The summed E-state index contributed by atoms with van der Waals surface area (Å²) in [7, 11) is 0. The van der Waals surface area contributed by atoms with Crippen molar-refractivity contribution in [3.05, 3.63) is 106 Å². The number of benzene rings is 3. The molecule has 0 spiro atoms. The summed E-state index contributed by atoms with van der Waals surface area (Å²) in [6, 6.07) is 18.1. The molecule has 42 heavy (non-hydrogen) atoms. The fourth-order valence-electron chi connectivity index (χ4n) is 5.44. The number of halogens is 5. The van der Waals surface area contributed by atoms with Crippen LogP contribution in [0.2, 0.25) is 0 Å². The van der Waals surface area contributed by atoms with Crippen LogP contribution in [0.3, 0.4) is 0 Å². The minimum absolute atomic E-state index is 0.0377. The number of nitrogens with one attached hydrogen (secondary N) is 2. The zero-order chi connectivity index (χ0) is 30.4. The Morgan fingerprint density at radius 1 is 1.00 bits per heavy atom. The summed E-state index contributed by atoms with van der Waals surface area (Å²) in [5, 5.41) is 12.1. The molecule has 0 amide bonds. The van der Waals surface area contributed by atoms with E-state index in [0.717, 1.165) is 59.7 Å². The van der Waals surface area contributed by atoms with Gasteiger partial charge in [0, 0.05) is 41.6 Å². The predicted molar refractivity (Wildman–Crippen MR) is 160 cm³/mol. The van der Waals surface area contributed by atoms with Crippen molar-refractivity contribution >= 4 is 17.1 Å². The van der Waals surface area contributed by atoms with Crippen LogP contribution in [-0.4, -0.2) is 42.7 Å². The summed E-state index contributed by atoms with van der Waals surface area (Å²) in [6.07, 6.45) is -2.60. The van der Waals surface area contributed by atoms with Crippen molar-refractivity contribution in [1.29, 1.82) is 5.41 Å². The number of alkyl halides is 5. The predicted octanol–water partition coefficient (Wildman–Crippen LogP) is 8.64. The number of para-hydroxylation sites is 1. The van der Waals surface area contributed by atoms with Crippen molar-refractivity contribution in [3.63, 3.8) is 0 Å². The highest BCUT2D eigenvalue weighted by Gasteiger charge is 2.31. The number of nitrogens with zero attached hydrogens (tertiary/aromatic N) is 2. The van der Waals surface area contributed by atoms with Crippen LogP contribution in [0.25, 0.3) is 0 Å². The number of hydrogen-bond donors (Lipinski definition) is 2. The van der Waals surface area contributed by atoms with Gasteiger partial charge in [-0.2, -0.15) is 13.2 Å². The summed E-state index contributed by atoms with van der Waals surface area (Å²) in [4.78, 5) is 3.92. The summed E-state index contributed by atoms with van der Waals surface area (Å²) >= 11 is 0. The quantitative estimate of drug-likeness (QED) is 0.185. The van der Waals surface area contributed by atoms with Gasteiger partial charge in [-0.25, -0.2) is 8.78 Å². The third kappa shape index (κ3) is 7.49. The van der Waals surface area contributed by atoms with Gasteiger partial charge < -0.3 is 15.1 Å². The van der Waals surface area contributed by atoms with Gasteiger partial charge in [-0.15, -0.1) is 0 Å². The largest absolute Gasteiger partial charge is 0.416 e. The molecule has 224 valence electrons. The minimum Gasteiger partial charge on any atom is -0.382 e. The van der Waals surface area contributed by atoms with E-state index >= 15 is 0 Å². The number of aryl methyl sites for hydroxylation is 2. The monoisotopic (exact) mass is 584 g/mol. The van der Waals surface area contributed by atoms with E-state index in [0.29, 0.717) is 18.7 Å². The Bertz CT molecular complexity index is 1410. The Kier molecular flexibility index (Phi) is 9.91. The summed E-state index contributed by atoms with van der Waals surface area (Å²) in [5.74, 6) is 0.804. The first-order chi connectivity index (χ1) is 20.0. The smallest absolute Gasteiger partial charge is 0.382 e. The average Bonchev–Trinajstić information content (AvgIpc) is 2.95. The lowest BCUT2D eigenvalue weighted by Crippen LogP contribution is -2.44. The van der Waals surface area contributed by atoms with Crippen LogP contribution in [-0.2, 0) is 6.18 Å². The van der Waals surface area contributed by atoms with Gasteiger partial charge >= 0.3 is 6.18 Å². The van der Waals surface area contributed by atoms with E-state index in [1.54, 1.807) is 11.0 Å². The van der Waals surface area contributed by atoms with Crippen molar-refractivity contribution in [2.24, 2.45) is 0 Å². The Morgan fingerprint density at radius 2 is 1.71 bits per heavy atom. The molecule has 0 aliphatic carbocycles. The molecular weight excluding hydrogens is 547 g/mol. The average molecular weight is 585 g/mol. The second kappa shape index (κ2) is 13.4. The third-order valence-corrected chi connectivity index (χ3v) is 7.55. The van der Waals surface area contributed by atoms with Gasteiger partial charge in [-0.05, 0) is 80.6 Å². The third-order valence-electron chi connectivity index (χ3n) is 7.55. The molecule has 1 aliphatic rings. The Balaban J connectivity index is 1.43. The van der Waals surface area contributed by atoms with Gasteiger partial charge in [0.1, 0.15) is 5.82 Å². The summed E-state index contributed by atoms with van der Waals surface area (Å²) in [6.45, 7) is 6.80.